The van der Waals surface area contributed by atoms with E-state index >= 15 is 0 Å². The van der Waals surface area contributed by atoms with Crippen molar-refractivity contribution >= 4 is 11.0 Å². The fourth-order valence-corrected chi connectivity index (χ4v) is 1.48. The van der Waals surface area contributed by atoms with Gasteiger partial charge in [-0.25, -0.2) is 9.37 Å². The molecule has 14 heavy (non-hydrogen) atoms. The first-order valence-corrected chi connectivity index (χ1v) is 4.49. The first kappa shape index (κ1) is 9.15. The molecule has 0 aliphatic heterocycles. The lowest BCUT2D eigenvalue weighted by atomic mass is 10.2. The molecule has 1 aromatic heterocycles. The number of H-pyrrole nitrogens is 1. The van der Waals surface area contributed by atoms with Crippen molar-refractivity contribution in [1.82, 2.24) is 9.97 Å². The van der Waals surface area contributed by atoms with Crippen LogP contribution in [0.25, 0.3) is 11.0 Å². The lowest BCUT2D eigenvalue weighted by Gasteiger charge is -1.96. The number of hydrogen-bond donors (Lipinski definition) is 2. The summed E-state index contributed by atoms with van der Waals surface area (Å²) < 4.78 is 13.0. The minimum Gasteiger partial charge on any atom is -0.341 e. The number of nitrogens with zero attached hydrogens (tertiary/aromatic N) is 1. The zero-order chi connectivity index (χ0) is 10.3. The number of aromatic nitrogens is 2. The summed E-state index contributed by atoms with van der Waals surface area (Å²) in [5.41, 5.74) is 7.99. The van der Waals surface area contributed by atoms with Gasteiger partial charge >= 0.3 is 0 Å². The fourth-order valence-electron chi connectivity index (χ4n) is 1.48. The topological polar surface area (TPSA) is 54.7 Å². The molecule has 1 heterocycles. The van der Waals surface area contributed by atoms with E-state index in [-0.39, 0.29) is 11.9 Å². The van der Waals surface area contributed by atoms with Crippen molar-refractivity contribution in [2.24, 2.45) is 5.73 Å². The number of fused-ring (bicyclic) bond motifs is 1. The van der Waals surface area contributed by atoms with Gasteiger partial charge in [0.1, 0.15) is 11.6 Å². The van der Waals surface area contributed by atoms with E-state index in [2.05, 4.69) is 9.97 Å². The number of halogens is 1. The van der Waals surface area contributed by atoms with Crippen molar-refractivity contribution in [3.05, 3.63) is 29.3 Å². The predicted molar refractivity (Wildman–Crippen MR) is 53.4 cm³/mol. The second-order valence-electron chi connectivity index (χ2n) is 3.53. The monoisotopic (exact) mass is 193 g/mol. The first-order valence-electron chi connectivity index (χ1n) is 4.49. The van der Waals surface area contributed by atoms with Gasteiger partial charge in [-0.3, -0.25) is 0 Å². The molecule has 4 heteroatoms. The van der Waals surface area contributed by atoms with Gasteiger partial charge in [0.15, 0.2) is 0 Å². The van der Waals surface area contributed by atoms with Gasteiger partial charge in [-0.1, -0.05) is 0 Å². The van der Waals surface area contributed by atoms with Gasteiger partial charge in [0.05, 0.1) is 17.1 Å². The Bertz CT molecular complexity index is 473. The van der Waals surface area contributed by atoms with E-state index in [1.807, 2.05) is 13.8 Å². The number of hydrogen-bond acceptors (Lipinski definition) is 2. The number of aromatic amines is 1. The molecular weight excluding hydrogens is 181 g/mol. The Hall–Kier alpha value is -1.42. The average Bonchev–Trinajstić information content (AvgIpc) is 2.47. The van der Waals surface area contributed by atoms with Gasteiger partial charge in [0.2, 0.25) is 0 Å². The summed E-state index contributed by atoms with van der Waals surface area (Å²) in [6, 6.07) is 2.74. The van der Waals surface area contributed by atoms with Crippen molar-refractivity contribution in [1.29, 1.82) is 0 Å². The molecule has 2 rings (SSSR count). The Morgan fingerprint density at radius 3 is 2.86 bits per heavy atom. The lowest BCUT2D eigenvalue weighted by Crippen LogP contribution is -2.06. The molecule has 0 bridgehead atoms. The molecule has 0 amide bonds. The maximum absolute atomic E-state index is 13.0. The molecule has 0 spiro atoms. The van der Waals surface area contributed by atoms with Crippen molar-refractivity contribution in [2.45, 2.75) is 19.9 Å². The fraction of sp³-hybridized carbons (Fsp3) is 0.300. The van der Waals surface area contributed by atoms with Crippen LogP contribution in [0.1, 0.15) is 24.4 Å². The molecule has 0 fully saturated rings. The summed E-state index contributed by atoms with van der Waals surface area (Å²) in [6.07, 6.45) is 0. The van der Waals surface area contributed by atoms with Gasteiger partial charge in [-0.2, -0.15) is 0 Å². The van der Waals surface area contributed by atoms with E-state index in [9.17, 15) is 4.39 Å². The molecule has 3 nitrogen and oxygen atoms in total. The Labute approximate surface area is 81.1 Å². The van der Waals surface area contributed by atoms with E-state index in [0.717, 1.165) is 11.1 Å². The summed E-state index contributed by atoms with van der Waals surface area (Å²) >= 11 is 0. The molecule has 0 radical (unpaired) electrons. The number of nitrogens with two attached hydrogens (primary N) is 1. The second kappa shape index (κ2) is 3.06. The third kappa shape index (κ3) is 1.37. The largest absolute Gasteiger partial charge is 0.341 e. The molecule has 0 aliphatic rings. The molecule has 3 N–H and O–H groups in total. The number of aryl methyl sites for hydroxylation is 1. The van der Waals surface area contributed by atoms with Crippen LogP contribution < -0.4 is 5.73 Å². The van der Waals surface area contributed by atoms with E-state index in [1.165, 1.54) is 12.1 Å². The number of imidazole rings is 1. The summed E-state index contributed by atoms with van der Waals surface area (Å²) in [5, 5.41) is 0. The van der Waals surface area contributed by atoms with Crippen LogP contribution in [0.3, 0.4) is 0 Å². The van der Waals surface area contributed by atoms with Gasteiger partial charge in [0.25, 0.3) is 0 Å². The van der Waals surface area contributed by atoms with Gasteiger partial charge in [-0.05, 0) is 31.5 Å². The summed E-state index contributed by atoms with van der Waals surface area (Å²) in [4.78, 5) is 7.31. The Morgan fingerprint density at radius 2 is 2.21 bits per heavy atom. The lowest BCUT2D eigenvalue weighted by molar-refractivity contribution is 0.628. The molecule has 0 saturated heterocycles. The number of rotatable bonds is 1. The first-order chi connectivity index (χ1) is 6.58. The highest BCUT2D eigenvalue weighted by Gasteiger charge is 2.09. The molecule has 2 aromatic rings. The van der Waals surface area contributed by atoms with Crippen molar-refractivity contribution in [2.75, 3.05) is 0 Å². The van der Waals surface area contributed by atoms with Crippen LogP contribution in [0.2, 0.25) is 0 Å². The van der Waals surface area contributed by atoms with Crippen molar-refractivity contribution in [3.8, 4) is 0 Å². The molecule has 74 valence electrons. The van der Waals surface area contributed by atoms with Crippen LogP contribution >= 0.6 is 0 Å². The Kier molecular flexibility index (Phi) is 2.00. The highest BCUT2D eigenvalue weighted by atomic mass is 19.1. The maximum atomic E-state index is 13.0. The van der Waals surface area contributed by atoms with Gasteiger partial charge < -0.3 is 10.7 Å². The normalized spacial score (nSPS) is 13.4. The van der Waals surface area contributed by atoms with Crippen molar-refractivity contribution < 1.29 is 4.39 Å². The molecule has 1 aromatic carbocycles. The SMILES string of the molecule is Cc1cc(F)cc2[nH]c(C(C)N)nc12. The van der Waals surface area contributed by atoms with E-state index in [1.54, 1.807) is 0 Å². The minimum atomic E-state index is -0.255. The quantitative estimate of drug-likeness (QED) is 0.728. The van der Waals surface area contributed by atoms with Gasteiger partial charge in [0, 0.05) is 0 Å². The van der Waals surface area contributed by atoms with Crippen LogP contribution in [-0.4, -0.2) is 9.97 Å². The molecule has 1 unspecified atom stereocenters. The van der Waals surface area contributed by atoms with Crippen LogP contribution in [0, 0.1) is 12.7 Å². The molecular formula is C10H12FN3. The van der Waals surface area contributed by atoms with E-state index in [4.69, 9.17) is 5.73 Å². The number of nitrogens with one attached hydrogen (secondary N) is 1. The highest BCUT2D eigenvalue weighted by Crippen LogP contribution is 2.19. The van der Waals surface area contributed by atoms with Gasteiger partial charge in [-0.15, -0.1) is 0 Å². The number of benzene rings is 1. The summed E-state index contributed by atoms with van der Waals surface area (Å²) in [7, 11) is 0. The highest BCUT2D eigenvalue weighted by molar-refractivity contribution is 5.78. The minimum absolute atomic E-state index is 0.162. The third-order valence-electron chi connectivity index (χ3n) is 2.19. The van der Waals surface area contributed by atoms with Crippen LogP contribution in [0.15, 0.2) is 12.1 Å². The van der Waals surface area contributed by atoms with Crippen LogP contribution in [-0.2, 0) is 0 Å². The van der Waals surface area contributed by atoms with Crippen molar-refractivity contribution in [3.63, 3.8) is 0 Å². The van der Waals surface area contributed by atoms with Crippen LogP contribution in [0.4, 0.5) is 4.39 Å². The van der Waals surface area contributed by atoms with Crippen LogP contribution in [0.5, 0.6) is 0 Å². The molecule has 0 aliphatic carbocycles. The third-order valence-corrected chi connectivity index (χ3v) is 2.19. The van der Waals surface area contributed by atoms with E-state index in [0.29, 0.717) is 11.3 Å². The zero-order valence-electron chi connectivity index (χ0n) is 8.13. The molecule has 1 atom stereocenters. The predicted octanol–water partition coefficient (Wildman–Crippen LogP) is 2.03. The standard InChI is InChI=1S/C10H12FN3/c1-5-3-7(11)4-8-9(5)14-10(13-8)6(2)12/h3-4,6H,12H2,1-2H3,(H,13,14). The summed E-state index contributed by atoms with van der Waals surface area (Å²) in [6.45, 7) is 3.67. The maximum Gasteiger partial charge on any atom is 0.125 e. The Balaban J connectivity index is 2.70. The zero-order valence-corrected chi connectivity index (χ0v) is 8.13. The van der Waals surface area contributed by atoms with E-state index < -0.39 is 0 Å². The average molecular weight is 193 g/mol. The molecule has 0 saturated carbocycles. The Morgan fingerprint density at radius 1 is 1.50 bits per heavy atom. The second-order valence-corrected chi connectivity index (χ2v) is 3.53. The smallest absolute Gasteiger partial charge is 0.125 e. The summed E-state index contributed by atoms with van der Waals surface area (Å²) in [5.74, 6) is 0.434.